The first-order chi connectivity index (χ1) is 17.8. The van der Waals surface area contributed by atoms with Crippen molar-refractivity contribution in [3.05, 3.63) is 39.7 Å². The fraction of sp³-hybridized carbons (Fsp3) is 0.522. The molecule has 9 nitrogen and oxygen atoms in total. The van der Waals surface area contributed by atoms with Gasteiger partial charge in [0.05, 0.1) is 24.3 Å². The summed E-state index contributed by atoms with van der Waals surface area (Å²) in [6.07, 6.45) is 4.76. The molecule has 2 amide bonds. The summed E-state index contributed by atoms with van der Waals surface area (Å²) < 4.78 is 55.7. The number of benzene rings is 1. The molecule has 2 aromatic rings. The summed E-state index contributed by atoms with van der Waals surface area (Å²) >= 11 is 6.12. The predicted molar refractivity (Wildman–Crippen MR) is 132 cm³/mol. The van der Waals surface area contributed by atoms with E-state index < -0.39 is 46.6 Å². The molecule has 1 saturated heterocycles. The highest BCUT2D eigenvalue weighted by Gasteiger charge is 2.26. The number of aromatic nitrogens is 1. The van der Waals surface area contributed by atoms with Gasteiger partial charge in [0.25, 0.3) is 0 Å². The number of urea groups is 1. The number of rotatable bonds is 11. The molecule has 1 unspecified atom stereocenters. The summed E-state index contributed by atoms with van der Waals surface area (Å²) in [7, 11) is 1.10. The number of aliphatic hydroxyl groups is 1. The fourth-order valence-corrected chi connectivity index (χ4v) is 4.87. The number of piperidine rings is 1. The zero-order chi connectivity index (χ0) is 26.9. The van der Waals surface area contributed by atoms with Crippen LogP contribution < -0.4 is 15.4 Å². The number of carbonyl (C=O) groups excluding carboxylic acids is 2. The third-order valence-corrected chi connectivity index (χ3v) is 6.98. The van der Waals surface area contributed by atoms with Crippen molar-refractivity contribution in [1.29, 1.82) is 0 Å². The summed E-state index contributed by atoms with van der Waals surface area (Å²) in [4.78, 5) is 26.9. The second-order valence-electron chi connectivity index (χ2n) is 8.37. The van der Waals surface area contributed by atoms with E-state index in [2.05, 4.69) is 19.9 Å². The summed E-state index contributed by atoms with van der Waals surface area (Å²) in [6.45, 7) is 1.51. The quantitative estimate of drug-likeness (QED) is 0.161. The molecule has 0 spiro atoms. The van der Waals surface area contributed by atoms with Gasteiger partial charge in [-0.3, -0.25) is 10.2 Å². The van der Waals surface area contributed by atoms with Crippen LogP contribution in [0.25, 0.3) is 0 Å². The Labute approximate surface area is 221 Å². The van der Waals surface area contributed by atoms with E-state index in [1.165, 1.54) is 0 Å². The zero-order valence-corrected chi connectivity index (χ0v) is 21.7. The molecule has 1 aliphatic rings. The highest BCUT2D eigenvalue weighted by atomic mass is 35.5. The predicted octanol–water partition coefficient (Wildman–Crippen LogP) is 4.33. The number of likely N-dealkylation sites (tertiary alicyclic amines) is 1. The van der Waals surface area contributed by atoms with E-state index in [9.17, 15) is 27.9 Å². The van der Waals surface area contributed by atoms with Gasteiger partial charge in [0.15, 0.2) is 17.2 Å². The number of nitrogens with one attached hydrogen (secondary N) is 2. The summed E-state index contributed by atoms with van der Waals surface area (Å²) in [6, 6.07) is 0.204. The van der Waals surface area contributed by atoms with Crippen LogP contribution >= 0.6 is 23.1 Å². The van der Waals surface area contributed by atoms with Crippen molar-refractivity contribution in [1.82, 2.24) is 14.6 Å². The van der Waals surface area contributed by atoms with Crippen LogP contribution in [0, 0.1) is 17.5 Å². The minimum Gasteiger partial charge on any atom is -0.471 e. The normalized spacial score (nSPS) is 15.9. The van der Waals surface area contributed by atoms with Crippen LogP contribution in [0.2, 0.25) is 5.02 Å². The van der Waals surface area contributed by atoms with Crippen LogP contribution in [0.4, 0.5) is 23.0 Å². The number of hydrogen-bond donors (Lipinski definition) is 3. The third kappa shape index (κ3) is 7.46. The monoisotopic (exact) mass is 564 g/mol. The topological polar surface area (TPSA) is 113 Å². The second-order valence-corrected chi connectivity index (χ2v) is 9.56. The van der Waals surface area contributed by atoms with Gasteiger partial charge in [-0.25, -0.2) is 22.8 Å². The van der Waals surface area contributed by atoms with E-state index in [0.717, 1.165) is 45.9 Å². The lowest BCUT2D eigenvalue weighted by Crippen LogP contribution is -2.42. The Morgan fingerprint density at radius 1 is 1.27 bits per heavy atom. The molecule has 1 aliphatic heterocycles. The number of amides is 2. The number of hydrogen-bond acceptors (Lipinski definition) is 8. The average molecular weight is 565 g/mol. The lowest BCUT2D eigenvalue weighted by Gasteiger charge is -2.34. The molecule has 37 heavy (non-hydrogen) atoms. The smallest absolute Gasteiger partial charge is 0.346 e. The van der Waals surface area contributed by atoms with E-state index in [4.69, 9.17) is 21.1 Å². The number of nitrogens with zero attached hydrogens (tertiary/aromatic N) is 2. The first kappa shape index (κ1) is 29.0. The second kappa shape index (κ2) is 13.8. The van der Waals surface area contributed by atoms with Gasteiger partial charge in [0.1, 0.15) is 17.4 Å². The van der Waals surface area contributed by atoms with Gasteiger partial charge in [-0.05, 0) is 56.4 Å². The first-order valence-corrected chi connectivity index (χ1v) is 12.8. The van der Waals surface area contributed by atoms with Gasteiger partial charge in [-0.1, -0.05) is 18.0 Å². The molecule has 1 fully saturated rings. The van der Waals surface area contributed by atoms with Gasteiger partial charge < -0.3 is 19.9 Å². The van der Waals surface area contributed by atoms with Crippen molar-refractivity contribution in [2.24, 2.45) is 0 Å². The Bertz CT molecular complexity index is 1110. The molecule has 1 aromatic heterocycles. The van der Waals surface area contributed by atoms with Crippen LogP contribution in [0.5, 0.6) is 5.88 Å². The van der Waals surface area contributed by atoms with Crippen molar-refractivity contribution < 1.29 is 37.3 Å². The van der Waals surface area contributed by atoms with Gasteiger partial charge in [-0.15, -0.1) is 0 Å². The zero-order valence-electron chi connectivity index (χ0n) is 20.1. The van der Waals surface area contributed by atoms with Crippen LogP contribution in [0.3, 0.4) is 0 Å². The number of halogens is 4. The number of carbonyl (C=O) groups is 2. The standard InChI is InChI=1S/C23H28ClF3N4O5S/c1-35-22(33)17-20(36-12-14-16(25)10-15(24)19(27)18(14)26)30-37-21(17)29-23(34)28-7-3-5-9-31-8-4-2-6-13(31)11-32/h10,13,32H,2-9,11-12H2,1H3,(H2,28,29,34). The average Bonchev–Trinajstić information content (AvgIpc) is 3.28. The fourth-order valence-electron chi connectivity index (χ4n) is 3.97. The van der Waals surface area contributed by atoms with Gasteiger partial charge in [-0.2, -0.15) is 4.37 Å². The summed E-state index contributed by atoms with van der Waals surface area (Å²) in [5, 5.41) is 14.0. The number of aliphatic hydroxyl groups excluding tert-OH is 1. The van der Waals surface area contributed by atoms with Crippen molar-refractivity contribution in [2.45, 2.75) is 44.8 Å². The SMILES string of the molecule is COC(=O)c1c(OCc2c(F)cc(Cl)c(F)c2F)nsc1NC(=O)NCCCCN1CCCCC1CO. The molecule has 3 N–H and O–H groups in total. The van der Waals surface area contributed by atoms with E-state index in [-0.39, 0.29) is 29.1 Å². The molecule has 0 radical (unpaired) electrons. The van der Waals surface area contributed by atoms with Crippen LogP contribution in [-0.2, 0) is 11.3 Å². The molecule has 3 rings (SSSR count). The summed E-state index contributed by atoms with van der Waals surface area (Å²) in [5.41, 5.74) is -0.995. The van der Waals surface area contributed by atoms with Crippen molar-refractivity contribution in [2.75, 3.05) is 38.7 Å². The lowest BCUT2D eigenvalue weighted by atomic mass is 10.0. The minimum atomic E-state index is -1.52. The Balaban J connectivity index is 1.55. The van der Waals surface area contributed by atoms with Crippen molar-refractivity contribution in [3.8, 4) is 5.88 Å². The molecular formula is C23H28ClF3N4O5S. The number of esters is 1. The largest absolute Gasteiger partial charge is 0.471 e. The Kier molecular flexibility index (Phi) is 10.8. The Hall–Kier alpha value is -2.61. The van der Waals surface area contributed by atoms with Gasteiger partial charge >= 0.3 is 12.0 Å². The molecule has 0 aliphatic carbocycles. The lowest BCUT2D eigenvalue weighted by molar-refractivity contribution is 0.0596. The molecule has 14 heteroatoms. The molecule has 1 aromatic carbocycles. The molecule has 0 saturated carbocycles. The van der Waals surface area contributed by atoms with E-state index in [1.807, 2.05) is 0 Å². The number of methoxy groups -OCH3 is 1. The minimum absolute atomic E-state index is 0.00156. The number of ether oxygens (including phenoxy) is 2. The maximum Gasteiger partial charge on any atom is 0.346 e. The molecule has 2 heterocycles. The molecule has 0 bridgehead atoms. The highest BCUT2D eigenvalue weighted by molar-refractivity contribution is 7.11. The molecule has 1 atom stereocenters. The van der Waals surface area contributed by atoms with E-state index >= 15 is 0 Å². The van der Waals surface area contributed by atoms with E-state index in [0.29, 0.717) is 30.6 Å². The van der Waals surface area contributed by atoms with Crippen LogP contribution in [0.15, 0.2) is 6.07 Å². The highest BCUT2D eigenvalue weighted by Crippen LogP contribution is 2.33. The van der Waals surface area contributed by atoms with Crippen LogP contribution in [0.1, 0.15) is 48.0 Å². The van der Waals surface area contributed by atoms with Crippen molar-refractivity contribution in [3.63, 3.8) is 0 Å². The Morgan fingerprint density at radius 3 is 2.78 bits per heavy atom. The maximum absolute atomic E-state index is 14.1. The molecule has 204 valence electrons. The van der Waals surface area contributed by atoms with Crippen molar-refractivity contribution >= 4 is 40.1 Å². The third-order valence-electron chi connectivity index (χ3n) is 5.96. The number of anilines is 1. The van der Waals surface area contributed by atoms with Gasteiger partial charge in [0.2, 0.25) is 5.88 Å². The van der Waals surface area contributed by atoms with Gasteiger partial charge in [0, 0.05) is 12.6 Å². The summed E-state index contributed by atoms with van der Waals surface area (Å²) in [5.74, 6) is -5.34. The number of unbranched alkanes of at least 4 members (excludes halogenated alkanes) is 1. The first-order valence-electron chi connectivity index (χ1n) is 11.7. The molecular weight excluding hydrogens is 537 g/mol. The Morgan fingerprint density at radius 2 is 2.05 bits per heavy atom. The maximum atomic E-state index is 14.1. The van der Waals surface area contributed by atoms with E-state index in [1.54, 1.807) is 0 Å². The van der Waals surface area contributed by atoms with Crippen LogP contribution in [-0.4, -0.2) is 65.8 Å².